The standard InChI is InChI=1S/C25H36N6O4/c1-18(32)26-12-5-4-7-21(29-19(2)33)24(34)30(3)17-25(35)10-15-31(16-11-25)22-9-14-27-20-8-6-13-28-23(20)22/h6,8-9,13-14,21,35H,4-5,7,10-12,15-17H2,1-3H3,(H,26,32)(H,29,33)/t21-/m0/s1. The maximum atomic E-state index is 13.1. The minimum absolute atomic E-state index is 0.0908. The molecule has 2 aromatic rings. The zero-order valence-corrected chi connectivity index (χ0v) is 20.8. The molecule has 10 heteroatoms. The van der Waals surface area contributed by atoms with Gasteiger partial charge in [-0.2, -0.15) is 0 Å². The number of carbonyl (C=O) groups is 3. The molecule has 0 radical (unpaired) electrons. The predicted octanol–water partition coefficient (Wildman–Crippen LogP) is 1.23. The molecule has 0 aliphatic carbocycles. The van der Waals surface area contributed by atoms with Gasteiger partial charge < -0.3 is 25.5 Å². The summed E-state index contributed by atoms with van der Waals surface area (Å²) in [5, 5.41) is 16.7. The van der Waals surface area contributed by atoms with Crippen LogP contribution in [0.3, 0.4) is 0 Å². The Balaban J connectivity index is 1.56. The summed E-state index contributed by atoms with van der Waals surface area (Å²) >= 11 is 0. The van der Waals surface area contributed by atoms with Crippen LogP contribution in [-0.4, -0.2) is 82.6 Å². The molecule has 190 valence electrons. The van der Waals surface area contributed by atoms with Crippen LogP contribution >= 0.6 is 0 Å². The first-order chi connectivity index (χ1) is 16.7. The van der Waals surface area contributed by atoms with Gasteiger partial charge >= 0.3 is 0 Å². The minimum atomic E-state index is -1.01. The Morgan fingerprint density at radius 1 is 1.11 bits per heavy atom. The van der Waals surface area contributed by atoms with Gasteiger partial charge in [0.15, 0.2) is 0 Å². The molecule has 0 spiro atoms. The summed E-state index contributed by atoms with van der Waals surface area (Å²) in [4.78, 5) is 48.3. The highest BCUT2D eigenvalue weighted by Crippen LogP contribution is 2.30. The van der Waals surface area contributed by atoms with Crippen LogP contribution < -0.4 is 15.5 Å². The van der Waals surface area contributed by atoms with Crippen molar-refractivity contribution in [2.75, 3.05) is 38.1 Å². The van der Waals surface area contributed by atoms with Crippen LogP contribution in [0, 0.1) is 0 Å². The Kier molecular flexibility index (Phi) is 8.97. The molecule has 0 unspecified atom stereocenters. The second-order valence-electron chi connectivity index (χ2n) is 9.34. The fourth-order valence-corrected chi connectivity index (χ4v) is 4.57. The number of anilines is 1. The van der Waals surface area contributed by atoms with Gasteiger partial charge in [0.05, 0.1) is 16.8 Å². The summed E-state index contributed by atoms with van der Waals surface area (Å²) in [6.07, 6.45) is 6.38. The second kappa shape index (κ2) is 11.9. The molecule has 0 saturated carbocycles. The number of fused-ring (bicyclic) bond motifs is 1. The molecule has 2 aromatic heterocycles. The lowest BCUT2D eigenvalue weighted by Crippen LogP contribution is -2.54. The van der Waals surface area contributed by atoms with E-state index in [1.54, 1.807) is 19.4 Å². The van der Waals surface area contributed by atoms with Crippen LogP contribution in [0.1, 0.15) is 46.0 Å². The van der Waals surface area contributed by atoms with E-state index in [-0.39, 0.29) is 24.3 Å². The summed E-state index contributed by atoms with van der Waals surface area (Å²) in [5.74, 6) is -0.587. The Labute approximate surface area is 206 Å². The van der Waals surface area contributed by atoms with Crippen molar-refractivity contribution in [3.63, 3.8) is 0 Å². The van der Waals surface area contributed by atoms with Gasteiger partial charge in [-0.05, 0) is 50.3 Å². The molecule has 3 amide bonds. The quantitative estimate of drug-likeness (QED) is 0.433. The maximum Gasteiger partial charge on any atom is 0.244 e. The normalized spacial score (nSPS) is 15.9. The van der Waals surface area contributed by atoms with E-state index < -0.39 is 11.6 Å². The van der Waals surface area contributed by atoms with Crippen molar-refractivity contribution < 1.29 is 19.5 Å². The average molecular weight is 485 g/mol. The molecule has 1 atom stereocenters. The van der Waals surface area contributed by atoms with Crippen LogP contribution in [-0.2, 0) is 14.4 Å². The number of likely N-dealkylation sites (N-methyl/N-ethyl adjacent to an activating group) is 1. The third-order valence-corrected chi connectivity index (χ3v) is 6.39. The highest BCUT2D eigenvalue weighted by Gasteiger charge is 2.36. The molecule has 1 aliphatic heterocycles. The number of nitrogens with one attached hydrogen (secondary N) is 2. The number of piperidine rings is 1. The molecular weight excluding hydrogens is 448 g/mol. The summed E-state index contributed by atoms with van der Waals surface area (Å²) in [7, 11) is 1.67. The van der Waals surface area contributed by atoms with Crippen LogP contribution in [0.2, 0.25) is 0 Å². The van der Waals surface area contributed by atoms with Gasteiger partial charge in [0.25, 0.3) is 0 Å². The van der Waals surface area contributed by atoms with E-state index in [2.05, 4.69) is 25.5 Å². The lowest BCUT2D eigenvalue weighted by atomic mass is 9.90. The summed E-state index contributed by atoms with van der Waals surface area (Å²) < 4.78 is 0. The molecule has 1 fully saturated rings. The van der Waals surface area contributed by atoms with E-state index in [4.69, 9.17) is 0 Å². The number of aromatic nitrogens is 2. The van der Waals surface area contributed by atoms with E-state index in [1.807, 2.05) is 18.2 Å². The lowest BCUT2D eigenvalue weighted by Gasteiger charge is -2.41. The summed E-state index contributed by atoms with van der Waals surface area (Å²) in [6, 6.07) is 5.07. The van der Waals surface area contributed by atoms with E-state index in [9.17, 15) is 19.5 Å². The largest absolute Gasteiger partial charge is 0.388 e. The third kappa shape index (κ3) is 7.35. The van der Waals surface area contributed by atoms with Crippen molar-refractivity contribution >= 4 is 34.4 Å². The molecule has 35 heavy (non-hydrogen) atoms. The molecular formula is C25H36N6O4. The van der Waals surface area contributed by atoms with Crippen LogP contribution in [0.15, 0.2) is 30.6 Å². The van der Waals surface area contributed by atoms with Gasteiger partial charge in [-0.1, -0.05) is 0 Å². The molecule has 0 aromatic carbocycles. The number of pyridine rings is 2. The Morgan fingerprint density at radius 2 is 1.86 bits per heavy atom. The molecule has 10 nitrogen and oxygen atoms in total. The van der Waals surface area contributed by atoms with Crippen molar-refractivity contribution in [2.45, 2.75) is 57.6 Å². The first kappa shape index (κ1) is 26.3. The first-order valence-electron chi connectivity index (χ1n) is 12.1. The lowest BCUT2D eigenvalue weighted by molar-refractivity contribution is -0.138. The zero-order chi connectivity index (χ0) is 25.4. The molecule has 3 N–H and O–H groups in total. The van der Waals surface area contributed by atoms with Gasteiger partial charge in [-0.15, -0.1) is 0 Å². The van der Waals surface area contributed by atoms with Crippen LogP contribution in [0.5, 0.6) is 0 Å². The van der Waals surface area contributed by atoms with Gasteiger partial charge in [-0.3, -0.25) is 24.4 Å². The monoisotopic (exact) mass is 484 g/mol. The predicted molar refractivity (Wildman–Crippen MR) is 134 cm³/mol. The van der Waals surface area contributed by atoms with Crippen molar-refractivity contribution in [3.8, 4) is 0 Å². The molecule has 1 saturated heterocycles. The highest BCUT2D eigenvalue weighted by molar-refractivity contribution is 5.88. The van der Waals surface area contributed by atoms with Gasteiger partial charge in [0.2, 0.25) is 17.7 Å². The number of unbranched alkanes of at least 4 members (excludes halogenated alkanes) is 1. The van der Waals surface area contributed by atoms with Gasteiger partial charge in [0, 0.05) is 59.5 Å². The van der Waals surface area contributed by atoms with Crippen molar-refractivity contribution in [1.82, 2.24) is 25.5 Å². The number of amides is 3. The van der Waals surface area contributed by atoms with Gasteiger partial charge in [-0.25, -0.2) is 0 Å². The number of hydrogen-bond acceptors (Lipinski definition) is 7. The number of aliphatic hydroxyl groups is 1. The fourth-order valence-electron chi connectivity index (χ4n) is 4.57. The molecule has 0 bridgehead atoms. The fraction of sp³-hybridized carbons (Fsp3) is 0.560. The van der Waals surface area contributed by atoms with E-state index >= 15 is 0 Å². The van der Waals surface area contributed by atoms with E-state index in [0.29, 0.717) is 51.7 Å². The Hall–Kier alpha value is -3.27. The third-order valence-electron chi connectivity index (χ3n) is 6.39. The molecule has 1 aliphatic rings. The highest BCUT2D eigenvalue weighted by atomic mass is 16.3. The van der Waals surface area contributed by atoms with Gasteiger partial charge in [0.1, 0.15) is 11.6 Å². The first-order valence-corrected chi connectivity index (χ1v) is 12.1. The molecule has 3 rings (SSSR count). The minimum Gasteiger partial charge on any atom is -0.388 e. The average Bonchev–Trinajstić information content (AvgIpc) is 2.82. The van der Waals surface area contributed by atoms with Crippen molar-refractivity contribution in [3.05, 3.63) is 30.6 Å². The maximum absolute atomic E-state index is 13.1. The Morgan fingerprint density at radius 3 is 2.54 bits per heavy atom. The number of carbonyl (C=O) groups excluding carboxylic acids is 3. The topological polar surface area (TPSA) is 128 Å². The van der Waals surface area contributed by atoms with Crippen molar-refractivity contribution in [1.29, 1.82) is 0 Å². The van der Waals surface area contributed by atoms with Crippen LogP contribution in [0.25, 0.3) is 11.0 Å². The van der Waals surface area contributed by atoms with E-state index in [0.717, 1.165) is 16.7 Å². The smallest absolute Gasteiger partial charge is 0.244 e. The number of rotatable bonds is 10. The number of hydrogen-bond donors (Lipinski definition) is 3. The zero-order valence-electron chi connectivity index (χ0n) is 20.8. The van der Waals surface area contributed by atoms with Crippen molar-refractivity contribution in [2.24, 2.45) is 0 Å². The summed E-state index contributed by atoms with van der Waals surface area (Å²) in [5.41, 5.74) is 1.65. The molecule has 3 heterocycles. The number of nitrogens with zero attached hydrogens (tertiary/aromatic N) is 4. The SMILES string of the molecule is CC(=O)NCCCC[C@H](NC(C)=O)C(=O)N(C)CC1(O)CCN(c2ccnc3cccnc23)CC1. The second-order valence-corrected chi connectivity index (χ2v) is 9.34. The Bertz CT molecular complexity index is 1030. The van der Waals surface area contributed by atoms with Crippen LogP contribution in [0.4, 0.5) is 5.69 Å². The van der Waals surface area contributed by atoms with E-state index in [1.165, 1.54) is 18.7 Å². The summed E-state index contributed by atoms with van der Waals surface area (Å²) in [6.45, 7) is 4.84.